The number of alkyl halides is 2. The van der Waals surface area contributed by atoms with Crippen LogP contribution in [-0.2, 0) is 14.8 Å². The number of amides is 1. The lowest BCUT2D eigenvalue weighted by Gasteiger charge is -2.19. The first kappa shape index (κ1) is 35.9. The number of Topliss-reactive ketones (excluding diaryl/α,β-unsaturated/α-hetero) is 1. The highest BCUT2D eigenvalue weighted by Gasteiger charge is 2.43. The smallest absolute Gasteiger partial charge is 0.269 e. The van der Waals surface area contributed by atoms with Gasteiger partial charge >= 0.3 is 0 Å². The Kier molecular flexibility index (Phi) is 16.3. The van der Waals surface area contributed by atoms with Crippen LogP contribution in [0.15, 0.2) is 48.5 Å². The molecule has 42 heavy (non-hydrogen) atoms. The van der Waals surface area contributed by atoms with Crippen LogP contribution in [0.4, 0.5) is 11.4 Å². The van der Waals surface area contributed by atoms with E-state index in [2.05, 4.69) is 17.0 Å². The summed E-state index contributed by atoms with van der Waals surface area (Å²) in [5.74, 6) is -1.65. The van der Waals surface area contributed by atoms with E-state index in [-0.39, 0.29) is 22.8 Å². The van der Waals surface area contributed by atoms with Gasteiger partial charge in [-0.05, 0) is 36.8 Å². The number of ether oxygens (including phenoxy) is 1. The first-order valence-corrected chi connectivity index (χ1v) is 17.5. The van der Waals surface area contributed by atoms with Crippen molar-refractivity contribution in [2.24, 2.45) is 0 Å². The number of anilines is 2. The van der Waals surface area contributed by atoms with Crippen molar-refractivity contribution in [2.45, 2.75) is 101 Å². The van der Waals surface area contributed by atoms with Gasteiger partial charge < -0.3 is 10.1 Å². The molecule has 0 aromatic heterocycles. The van der Waals surface area contributed by atoms with E-state index >= 15 is 0 Å². The fourth-order valence-corrected chi connectivity index (χ4v) is 6.14. The van der Waals surface area contributed by atoms with Crippen molar-refractivity contribution < 1.29 is 22.7 Å². The van der Waals surface area contributed by atoms with Crippen molar-refractivity contribution in [1.29, 1.82) is 0 Å². The predicted octanol–water partition coefficient (Wildman–Crippen LogP) is 8.91. The van der Waals surface area contributed by atoms with E-state index in [1.807, 2.05) is 0 Å². The molecule has 0 aliphatic heterocycles. The van der Waals surface area contributed by atoms with Crippen LogP contribution in [0.5, 0.6) is 5.75 Å². The molecular formula is C32H46Cl2N2O5S. The summed E-state index contributed by atoms with van der Waals surface area (Å²) in [5, 5.41) is 2.51. The van der Waals surface area contributed by atoms with Crippen molar-refractivity contribution in [3.05, 3.63) is 54.1 Å². The Bertz CT molecular complexity index is 1210. The first-order chi connectivity index (χ1) is 20.1. The minimum atomic E-state index is -3.71. The number of hydrogen-bond donors (Lipinski definition) is 2. The van der Waals surface area contributed by atoms with Crippen LogP contribution in [0.3, 0.4) is 0 Å². The van der Waals surface area contributed by atoms with Gasteiger partial charge in [0, 0.05) is 11.3 Å². The maximum Gasteiger partial charge on any atom is 0.269 e. The molecule has 0 aliphatic carbocycles. The van der Waals surface area contributed by atoms with E-state index < -0.39 is 26.0 Å². The fourth-order valence-electron chi connectivity index (χ4n) is 4.65. The molecule has 0 radical (unpaired) electrons. The number of hydrogen-bond acceptors (Lipinski definition) is 5. The summed E-state index contributed by atoms with van der Waals surface area (Å²) in [4.78, 5) is 25.8. The Morgan fingerprint density at radius 2 is 1.31 bits per heavy atom. The number of nitrogens with one attached hydrogen (secondary N) is 2. The van der Waals surface area contributed by atoms with Gasteiger partial charge in [-0.3, -0.25) is 14.3 Å². The van der Waals surface area contributed by atoms with Crippen LogP contribution in [0, 0.1) is 0 Å². The zero-order valence-electron chi connectivity index (χ0n) is 24.9. The van der Waals surface area contributed by atoms with Gasteiger partial charge in [0.2, 0.25) is 15.8 Å². The summed E-state index contributed by atoms with van der Waals surface area (Å²) in [6.07, 6.45) is 16.5. The number of benzene rings is 2. The summed E-state index contributed by atoms with van der Waals surface area (Å²) in [7, 11) is -2.31. The normalized spacial score (nSPS) is 11.7. The number of unbranched alkanes of at least 4 members (excludes halogenated alkanes) is 13. The molecule has 10 heteroatoms. The summed E-state index contributed by atoms with van der Waals surface area (Å²) >= 11 is 12.4. The Balaban J connectivity index is 1.80. The highest BCUT2D eigenvalue weighted by molar-refractivity contribution is 7.92. The van der Waals surface area contributed by atoms with Crippen LogP contribution < -0.4 is 14.8 Å². The third-order valence-corrected chi connectivity index (χ3v) is 9.14. The first-order valence-electron chi connectivity index (χ1n) is 15.1. The van der Waals surface area contributed by atoms with Crippen LogP contribution >= 0.6 is 23.2 Å². The molecule has 0 heterocycles. The van der Waals surface area contributed by atoms with Crippen LogP contribution in [0.25, 0.3) is 0 Å². The lowest BCUT2D eigenvalue weighted by atomic mass is 10.0. The average Bonchev–Trinajstić information content (AvgIpc) is 2.97. The number of sulfonamides is 1. The summed E-state index contributed by atoms with van der Waals surface area (Å²) in [6, 6.07) is 12.5. The molecule has 2 rings (SSSR count). The Morgan fingerprint density at radius 3 is 1.83 bits per heavy atom. The minimum absolute atomic E-state index is 0.0433. The molecular weight excluding hydrogens is 595 g/mol. The monoisotopic (exact) mass is 640 g/mol. The number of ketones is 1. The molecule has 1 amide bonds. The van der Waals surface area contributed by atoms with Gasteiger partial charge in [0.05, 0.1) is 18.6 Å². The molecule has 0 spiro atoms. The van der Waals surface area contributed by atoms with Gasteiger partial charge in [-0.15, -0.1) is 0 Å². The fraction of sp³-hybridized carbons (Fsp3) is 0.562. The zero-order valence-corrected chi connectivity index (χ0v) is 27.3. The highest BCUT2D eigenvalue weighted by atomic mass is 35.5. The summed E-state index contributed by atoms with van der Waals surface area (Å²) in [5.41, 5.74) is 0.451. The summed E-state index contributed by atoms with van der Waals surface area (Å²) < 4.78 is 31.0. The zero-order chi connectivity index (χ0) is 30.8. The molecule has 0 unspecified atom stereocenters. The average molecular weight is 642 g/mol. The van der Waals surface area contributed by atoms with Crippen molar-refractivity contribution >= 4 is 56.3 Å². The molecule has 2 aromatic rings. The van der Waals surface area contributed by atoms with Gasteiger partial charge in [-0.2, -0.15) is 0 Å². The summed E-state index contributed by atoms with van der Waals surface area (Å²) in [6.45, 7) is 2.24. The van der Waals surface area contributed by atoms with Crippen molar-refractivity contribution in [3.8, 4) is 5.75 Å². The molecule has 2 N–H and O–H groups in total. The quantitative estimate of drug-likeness (QED) is 0.0579. The standard InChI is InChI=1S/C32H46Cl2N2O5S/c1-3-4-5-6-7-8-9-10-11-12-13-14-15-19-24-42(39,40)36-28-25-26(22-23-29(28)41-2)30(37)32(33,34)31(38)35-27-20-17-16-18-21-27/h16-18,20-23,25,36H,3-15,19,24H2,1-2H3,(H,35,38). The molecule has 0 fully saturated rings. The van der Waals surface area contributed by atoms with Gasteiger partial charge in [0.1, 0.15) is 5.75 Å². The van der Waals surface area contributed by atoms with Gasteiger partial charge in [0.25, 0.3) is 10.2 Å². The number of carbonyl (C=O) groups excluding carboxylic acids is 2. The molecule has 0 saturated heterocycles. The molecule has 2 aromatic carbocycles. The van der Waals surface area contributed by atoms with E-state index in [0.29, 0.717) is 12.1 Å². The molecule has 234 valence electrons. The van der Waals surface area contributed by atoms with Crippen LogP contribution in [0.2, 0.25) is 0 Å². The predicted molar refractivity (Wildman–Crippen MR) is 175 cm³/mol. The number of methoxy groups -OCH3 is 1. The van der Waals surface area contributed by atoms with Crippen LogP contribution in [-0.4, -0.2) is 37.3 Å². The van der Waals surface area contributed by atoms with E-state index in [0.717, 1.165) is 19.3 Å². The molecule has 0 atom stereocenters. The largest absolute Gasteiger partial charge is 0.495 e. The minimum Gasteiger partial charge on any atom is -0.495 e. The van der Waals surface area contributed by atoms with E-state index in [1.165, 1.54) is 89.5 Å². The SMILES string of the molecule is CCCCCCCCCCCCCCCCS(=O)(=O)Nc1cc(C(=O)C(Cl)(Cl)C(=O)Nc2ccccc2)ccc1OC. The maximum absolute atomic E-state index is 13.1. The maximum atomic E-state index is 13.1. The topological polar surface area (TPSA) is 102 Å². The van der Waals surface area contributed by atoms with Crippen molar-refractivity contribution in [1.82, 2.24) is 0 Å². The molecule has 0 aliphatic rings. The van der Waals surface area contributed by atoms with Gasteiger partial charge in [-0.1, -0.05) is 132 Å². The van der Waals surface area contributed by atoms with Crippen molar-refractivity contribution in [2.75, 3.05) is 22.9 Å². The Morgan fingerprint density at radius 1 is 0.786 bits per heavy atom. The second-order valence-corrected chi connectivity index (χ2v) is 13.8. The third-order valence-electron chi connectivity index (χ3n) is 7.10. The molecule has 0 bridgehead atoms. The lowest BCUT2D eigenvalue weighted by Crippen LogP contribution is -2.40. The number of carbonyl (C=O) groups is 2. The van der Waals surface area contributed by atoms with E-state index in [9.17, 15) is 18.0 Å². The number of para-hydroxylation sites is 1. The Hall–Kier alpha value is -2.29. The second-order valence-electron chi connectivity index (χ2n) is 10.7. The third kappa shape index (κ3) is 12.9. The molecule has 7 nitrogen and oxygen atoms in total. The lowest BCUT2D eigenvalue weighted by molar-refractivity contribution is -0.116. The van der Waals surface area contributed by atoms with E-state index in [4.69, 9.17) is 27.9 Å². The number of halogens is 2. The second kappa shape index (κ2) is 19.1. The Labute approximate surface area is 262 Å². The van der Waals surface area contributed by atoms with Gasteiger partial charge in [-0.25, -0.2) is 8.42 Å². The van der Waals surface area contributed by atoms with Gasteiger partial charge in [0.15, 0.2) is 0 Å². The van der Waals surface area contributed by atoms with Crippen molar-refractivity contribution in [3.63, 3.8) is 0 Å². The van der Waals surface area contributed by atoms with Crippen LogP contribution in [0.1, 0.15) is 107 Å². The highest BCUT2D eigenvalue weighted by Crippen LogP contribution is 2.32. The molecule has 0 saturated carbocycles. The number of rotatable bonds is 22. The van der Waals surface area contributed by atoms with E-state index in [1.54, 1.807) is 30.3 Å².